The standard InChI is InChI=1S/C18H15FN4O3/c19-15-3-1-13(2-4-15)9-10-21-12-14(11-20)18(24)22-16-5-7-17(8-6-16)23(25)26/h1-8,12,21H,9-10H2,(H,22,24)/b14-12-. The van der Waals surface area contributed by atoms with Gasteiger partial charge >= 0.3 is 0 Å². The van der Waals surface area contributed by atoms with Crippen molar-refractivity contribution in [2.24, 2.45) is 0 Å². The van der Waals surface area contributed by atoms with E-state index >= 15 is 0 Å². The molecule has 0 aliphatic carbocycles. The van der Waals surface area contributed by atoms with E-state index in [-0.39, 0.29) is 17.1 Å². The number of rotatable bonds is 7. The summed E-state index contributed by atoms with van der Waals surface area (Å²) in [5.74, 6) is -0.938. The number of nitriles is 1. The van der Waals surface area contributed by atoms with Gasteiger partial charge in [-0.1, -0.05) is 12.1 Å². The molecule has 1 amide bonds. The lowest BCUT2D eigenvalue weighted by molar-refractivity contribution is -0.384. The molecule has 132 valence electrons. The van der Waals surface area contributed by atoms with Crippen LogP contribution in [-0.4, -0.2) is 17.4 Å². The van der Waals surface area contributed by atoms with E-state index in [2.05, 4.69) is 10.6 Å². The zero-order valence-electron chi connectivity index (χ0n) is 13.6. The fraction of sp³-hybridized carbons (Fsp3) is 0.111. The molecule has 0 heterocycles. The van der Waals surface area contributed by atoms with Gasteiger partial charge in [-0.3, -0.25) is 14.9 Å². The molecule has 2 N–H and O–H groups in total. The highest BCUT2D eigenvalue weighted by Crippen LogP contribution is 2.15. The van der Waals surface area contributed by atoms with Gasteiger partial charge in [-0.15, -0.1) is 0 Å². The van der Waals surface area contributed by atoms with E-state index < -0.39 is 10.8 Å². The van der Waals surface area contributed by atoms with Crippen LogP contribution in [0.5, 0.6) is 0 Å². The maximum Gasteiger partial charge on any atom is 0.269 e. The SMILES string of the molecule is N#C/C(=C/NCCc1ccc(F)cc1)C(=O)Nc1ccc([N+](=O)[O-])cc1. The second-order valence-corrected chi connectivity index (χ2v) is 5.26. The molecule has 0 bridgehead atoms. The van der Waals surface area contributed by atoms with Crippen molar-refractivity contribution in [1.82, 2.24) is 5.32 Å². The number of anilines is 1. The van der Waals surface area contributed by atoms with Crippen molar-refractivity contribution in [2.45, 2.75) is 6.42 Å². The maximum absolute atomic E-state index is 12.8. The Morgan fingerprint density at radius 3 is 2.42 bits per heavy atom. The number of nitrogens with one attached hydrogen (secondary N) is 2. The predicted octanol–water partition coefficient (Wildman–Crippen LogP) is 2.91. The Balaban J connectivity index is 1.88. The highest BCUT2D eigenvalue weighted by molar-refractivity contribution is 6.06. The Labute approximate surface area is 148 Å². The normalized spacial score (nSPS) is 10.7. The molecule has 0 saturated heterocycles. The molecule has 0 fully saturated rings. The number of hydrogen-bond acceptors (Lipinski definition) is 5. The first kappa shape index (κ1) is 18.6. The summed E-state index contributed by atoms with van der Waals surface area (Å²) in [6, 6.07) is 13.1. The number of non-ortho nitro benzene ring substituents is 1. The third-order valence-electron chi connectivity index (χ3n) is 3.42. The van der Waals surface area contributed by atoms with Gasteiger partial charge in [0.2, 0.25) is 0 Å². The highest BCUT2D eigenvalue weighted by atomic mass is 19.1. The fourth-order valence-corrected chi connectivity index (χ4v) is 2.06. The third-order valence-corrected chi connectivity index (χ3v) is 3.42. The van der Waals surface area contributed by atoms with Crippen molar-refractivity contribution in [3.63, 3.8) is 0 Å². The Morgan fingerprint density at radius 1 is 1.19 bits per heavy atom. The Bertz CT molecular complexity index is 856. The maximum atomic E-state index is 12.8. The molecular formula is C18H15FN4O3. The highest BCUT2D eigenvalue weighted by Gasteiger charge is 2.10. The molecule has 2 aromatic rings. The molecule has 0 atom stereocenters. The van der Waals surface area contributed by atoms with E-state index in [0.29, 0.717) is 18.7 Å². The first-order chi connectivity index (χ1) is 12.5. The number of amides is 1. The lowest BCUT2D eigenvalue weighted by Crippen LogP contribution is -2.18. The van der Waals surface area contributed by atoms with Crippen LogP contribution in [0.4, 0.5) is 15.8 Å². The van der Waals surface area contributed by atoms with E-state index in [1.807, 2.05) is 0 Å². The summed E-state index contributed by atoms with van der Waals surface area (Å²) in [5.41, 5.74) is 1.03. The molecule has 0 aromatic heterocycles. The number of nitrogens with zero attached hydrogens (tertiary/aromatic N) is 2. The zero-order chi connectivity index (χ0) is 18.9. The molecule has 7 nitrogen and oxygen atoms in total. The van der Waals surface area contributed by atoms with Crippen LogP contribution in [0.25, 0.3) is 0 Å². The van der Waals surface area contributed by atoms with Crippen LogP contribution in [0.3, 0.4) is 0 Å². The molecule has 0 radical (unpaired) electrons. The lowest BCUT2D eigenvalue weighted by atomic mass is 10.1. The van der Waals surface area contributed by atoms with Gasteiger partial charge in [-0.2, -0.15) is 5.26 Å². The summed E-state index contributed by atoms with van der Waals surface area (Å²) < 4.78 is 12.8. The Hall–Kier alpha value is -3.73. The average molecular weight is 354 g/mol. The fourth-order valence-electron chi connectivity index (χ4n) is 2.06. The number of hydrogen-bond donors (Lipinski definition) is 2. The smallest absolute Gasteiger partial charge is 0.269 e. The molecule has 0 aliphatic rings. The molecule has 0 saturated carbocycles. The van der Waals surface area contributed by atoms with Gasteiger partial charge in [0.1, 0.15) is 17.5 Å². The van der Waals surface area contributed by atoms with Gasteiger partial charge in [0.15, 0.2) is 0 Å². The quantitative estimate of drug-likeness (QED) is 0.261. The van der Waals surface area contributed by atoms with Crippen molar-refractivity contribution >= 4 is 17.3 Å². The van der Waals surface area contributed by atoms with Crippen molar-refractivity contribution in [3.8, 4) is 6.07 Å². The number of nitro groups is 1. The Morgan fingerprint density at radius 2 is 1.85 bits per heavy atom. The second-order valence-electron chi connectivity index (χ2n) is 5.26. The minimum atomic E-state index is -0.629. The summed E-state index contributed by atoms with van der Waals surface area (Å²) in [7, 11) is 0. The number of carbonyl (C=O) groups excluding carboxylic acids is 1. The zero-order valence-corrected chi connectivity index (χ0v) is 13.6. The van der Waals surface area contributed by atoms with Gasteiger partial charge in [0, 0.05) is 30.6 Å². The summed E-state index contributed by atoms with van der Waals surface area (Å²) in [4.78, 5) is 22.1. The van der Waals surface area contributed by atoms with Crippen LogP contribution < -0.4 is 10.6 Å². The molecular weight excluding hydrogens is 339 g/mol. The first-order valence-corrected chi connectivity index (χ1v) is 7.63. The van der Waals surface area contributed by atoms with Gasteiger partial charge in [0.05, 0.1) is 4.92 Å². The van der Waals surface area contributed by atoms with Crippen molar-refractivity contribution in [2.75, 3.05) is 11.9 Å². The molecule has 8 heteroatoms. The molecule has 2 rings (SSSR count). The topological polar surface area (TPSA) is 108 Å². The van der Waals surface area contributed by atoms with Crippen molar-refractivity contribution in [3.05, 3.63) is 81.8 Å². The number of halogens is 1. The van der Waals surface area contributed by atoms with E-state index in [1.165, 1.54) is 42.6 Å². The van der Waals surface area contributed by atoms with Crippen molar-refractivity contribution in [1.29, 1.82) is 5.26 Å². The van der Waals surface area contributed by atoms with E-state index in [0.717, 1.165) is 5.56 Å². The van der Waals surface area contributed by atoms with Crippen molar-refractivity contribution < 1.29 is 14.1 Å². The number of carbonyl (C=O) groups is 1. The van der Waals surface area contributed by atoms with Crippen LogP contribution in [0, 0.1) is 27.3 Å². The van der Waals surface area contributed by atoms with Crippen LogP contribution in [0.1, 0.15) is 5.56 Å². The number of nitro benzene ring substituents is 1. The van der Waals surface area contributed by atoms with E-state index in [9.17, 15) is 19.3 Å². The first-order valence-electron chi connectivity index (χ1n) is 7.63. The summed E-state index contributed by atoms with van der Waals surface area (Å²) >= 11 is 0. The van der Waals surface area contributed by atoms with Gasteiger partial charge in [0.25, 0.3) is 11.6 Å². The largest absolute Gasteiger partial charge is 0.389 e. The number of benzene rings is 2. The Kier molecular flexibility index (Phi) is 6.40. The van der Waals surface area contributed by atoms with Gasteiger partial charge in [-0.05, 0) is 36.2 Å². The van der Waals surface area contributed by atoms with Gasteiger partial charge < -0.3 is 10.6 Å². The predicted molar refractivity (Wildman–Crippen MR) is 93.5 cm³/mol. The summed E-state index contributed by atoms with van der Waals surface area (Å²) in [6.45, 7) is 0.460. The molecule has 0 spiro atoms. The monoisotopic (exact) mass is 354 g/mol. The molecule has 0 unspecified atom stereocenters. The van der Waals surface area contributed by atoms with Crippen LogP contribution in [0.2, 0.25) is 0 Å². The third kappa shape index (κ3) is 5.42. The van der Waals surface area contributed by atoms with Gasteiger partial charge in [-0.25, -0.2) is 4.39 Å². The summed E-state index contributed by atoms with van der Waals surface area (Å²) in [5, 5.41) is 25.0. The molecule has 2 aromatic carbocycles. The van der Waals surface area contributed by atoms with E-state index in [1.54, 1.807) is 18.2 Å². The summed E-state index contributed by atoms with van der Waals surface area (Å²) in [6.07, 6.45) is 1.89. The average Bonchev–Trinajstić information content (AvgIpc) is 2.63. The second kappa shape index (κ2) is 8.94. The molecule has 26 heavy (non-hydrogen) atoms. The minimum absolute atomic E-state index is 0.0958. The lowest BCUT2D eigenvalue weighted by Gasteiger charge is -2.05. The minimum Gasteiger partial charge on any atom is -0.389 e. The molecule has 0 aliphatic heterocycles. The van der Waals surface area contributed by atoms with E-state index in [4.69, 9.17) is 5.26 Å². The van der Waals surface area contributed by atoms with Crippen LogP contribution in [0.15, 0.2) is 60.3 Å². The van der Waals surface area contributed by atoms with Crippen LogP contribution >= 0.6 is 0 Å². The van der Waals surface area contributed by atoms with Crippen LogP contribution in [-0.2, 0) is 11.2 Å².